The molecule has 0 aliphatic heterocycles. The van der Waals surface area contributed by atoms with Gasteiger partial charge in [0.25, 0.3) is 0 Å². The maximum Gasteiger partial charge on any atom is 0.165 e. The van der Waals surface area contributed by atoms with Crippen LogP contribution in [0.5, 0.6) is 0 Å². The van der Waals surface area contributed by atoms with Gasteiger partial charge in [-0.3, -0.25) is 0 Å². The number of imidazole rings is 1. The molecule has 2 nitrogen and oxygen atoms in total. The highest BCUT2D eigenvalue weighted by Crippen LogP contribution is 2.19. The van der Waals surface area contributed by atoms with Gasteiger partial charge in [-0.1, -0.05) is 25.1 Å². The van der Waals surface area contributed by atoms with E-state index in [2.05, 4.69) is 29.5 Å². The molecule has 4 heteroatoms. The molecule has 0 aliphatic carbocycles. The second-order valence-corrected chi connectivity index (χ2v) is 4.42. The molecule has 0 radical (unpaired) electrons. The van der Waals surface area contributed by atoms with Crippen LogP contribution in [0.4, 0.5) is 0 Å². The van der Waals surface area contributed by atoms with Gasteiger partial charge in [-0.05, 0) is 18.1 Å². The summed E-state index contributed by atoms with van der Waals surface area (Å²) in [4.78, 5) is 7.25. The largest absolute Gasteiger partial charge is 0.340 e. The van der Waals surface area contributed by atoms with Gasteiger partial charge in [-0.2, -0.15) is 12.6 Å². The first-order valence-corrected chi connectivity index (χ1v) is 6.21. The van der Waals surface area contributed by atoms with Gasteiger partial charge in [0, 0.05) is 18.1 Å². The minimum atomic E-state index is 0.712. The molecule has 0 fully saturated rings. The standard InChI is InChI=1S/C9H16N2S2/c1-2-3-8(6-12)7-13-9-10-4-5-11-9/h4-5,8,12H,2-3,6-7H2,1H3,(H,10,11). The quantitative estimate of drug-likeness (QED) is 0.565. The Hall–Kier alpha value is -0.0900. The zero-order valence-electron chi connectivity index (χ0n) is 7.86. The van der Waals surface area contributed by atoms with Crippen molar-refractivity contribution in [2.45, 2.75) is 24.9 Å². The second-order valence-electron chi connectivity index (χ2n) is 3.04. The fraction of sp³-hybridized carbons (Fsp3) is 0.667. The fourth-order valence-electron chi connectivity index (χ4n) is 1.16. The van der Waals surface area contributed by atoms with Crippen LogP contribution >= 0.6 is 24.4 Å². The Kier molecular flexibility index (Phi) is 5.39. The molecule has 0 saturated heterocycles. The summed E-state index contributed by atoms with van der Waals surface area (Å²) < 4.78 is 0. The van der Waals surface area contributed by atoms with Crippen molar-refractivity contribution in [3.63, 3.8) is 0 Å². The highest BCUT2D eigenvalue weighted by molar-refractivity contribution is 7.99. The topological polar surface area (TPSA) is 28.7 Å². The fourth-order valence-corrected chi connectivity index (χ4v) is 2.61. The molecule has 1 aromatic rings. The first-order valence-electron chi connectivity index (χ1n) is 4.59. The number of H-pyrrole nitrogens is 1. The van der Waals surface area contributed by atoms with E-state index in [9.17, 15) is 0 Å². The van der Waals surface area contributed by atoms with Gasteiger partial charge in [0.1, 0.15) is 0 Å². The molecule has 0 spiro atoms. The first kappa shape index (κ1) is 11.0. The van der Waals surface area contributed by atoms with Crippen LogP contribution in [0.25, 0.3) is 0 Å². The lowest BCUT2D eigenvalue weighted by Crippen LogP contribution is -2.05. The second kappa shape index (κ2) is 6.38. The number of hydrogen-bond donors (Lipinski definition) is 2. The normalized spacial score (nSPS) is 13.1. The van der Waals surface area contributed by atoms with Crippen LogP contribution in [0.3, 0.4) is 0 Å². The molecule has 1 heterocycles. The number of nitrogens with zero attached hydrogens (tertiary/aromatic N) is 1. The van der Waals surface area contributed by atoms with Crippen molar-refractivity contribution in [3.8, 4) is 0 Å². The first-order chi connectivity index (χ1) is 6.36. The summed E-state index contributed by atoms with van der Waals surface area (Å²) in [5, 5.41) is 1.02. The van der Waals surface area contributed by atoms with Crippen LogP contribution in [0, 0.1) is 5.92 Å². The zero-order valence-corrected chi connectivity index (χ0v) is 9.57. The summed E-state index contributed by atoms with van der Waals surface area (Å²) in [6, 6.07) is 0. The van der Waals surface area contributed by atoms with Crippen LogP contribution in [-0.4, -0.2) is 21.5 Å². The van der Waals surface area contributed by atoms with Crippen LogP contribution in [0.1, 0.15) is 19.8 Å². The van der Waals surface area contributed by atoms with E-state index >= 15 is 0 Å². The number of aromatic nitrogens is 2. The number of nitrogens with one attached hydrogen (secondary N) is 1. The Labute approximate surface area is 89.3 Å². The molecule has 0 saturated carbocycles. The molecule has 1 N–H and O–H groups in total. The highest BCUT2D eigenvalue weighted by atomic mass is 32.2. The van der Waals surface area contributed by atoms with E-state index < -0.39 is 0 Å². The SMILES string of the molecule is CCCC(CS)CSc1ncc[nH]1. The summed E-state index contributed by atoms with van der Waals surface area (Å²) in [5.41, 5.74) is 0. The number of thiol groups is 1. The van der Waals surface area contributed by atoms with Gasteiger partial charge in [0.2, 0.25) is 0 Å². The number of hydrogen-bond acceptors (Lipinski definition) is 3. The molecule has 0 bridgehead atoms. The van der Waals surface area contributed by atoms with Gasteiger partial charge in [0.15, 0.2) is 5.16 Å². The molecule has 0 aliphatic rings. The summed E-state index contributed by atoms with van der Waals surface area (Å²) in [6.45, 7) is 2.22. The lowest BCUT2D eigenvalue weighted by Gasteiger charge is -2.10. The van der Waals surface area contributed by atoms with Gasteiger partial charge < -0.3 is 4.98 Å². The molecular formula is C9H16N2S2. The maximum absolute atomic E-state index is 4.34. The number of rotatable bonds is 6. The summed E-state index contributed by atoms with van der Waals surface area (Å²) >= 11 is 6.12. The van der Waals surface area contributed by atoms with Crippen molar-refractivity contribution >= 4 is 24.4 Å². The Morgan fingerprint density at radius 2 is 2.54 bits per heavy atom. The lowest BCUT2D eigenvalue weighted by molar-refractivity contribution is 0.595. The van der Waals surface area contributed by atoms with Crippen LogP contribution < -0.4 is 0 Å². The van der Waals surface area contributed by atoms with Crippen molar-refractivity contribution in [1.29, 1.82) is 0 Å². The van der Waals surface area contributed by atoms with Crippen LogP contribution in [0.2, 0.25) is 0 Å². The van der Waals surface area contributed by atoms with E-state index in [4.69, 9.17) is 0 Å². The molecule has 1 aromatic heterocycles. The minimum Gasteiger partial charge on any atom is -0.340 e. The smallest absolute Gasteiger partial charge is 0.165 e. The molecule has 1 unspecified atom stereocenters. The van der Waals surface area contributed by atoms with Crippen LogP contribution in [-0.2, 0) is 0 Å². The van der Waals surface area contributed by atoms with E-state index in [1.165, 1.54) is 12.8 Å². The summed E-state index contributed by atoms with van der Waals surface area (Å²) in [6.07, 6.45) is 6.15. The third kappa shape index (κ3) is 4.09. The molecule has 13 heavy (non-hydrogen) atoms. The highest BCUT2D eigenvalue weighted by Gasteiger charge is 2.06. The predicted molar refractivity (Wildman–Crippen MR) is 61.6 cm³/mol. The van der Waals surface area contributed by atoms with Crippen molar-refractivity contribution in [3.05, 3.63) is 12.4 Å². The molecular weight excluding hydrogens is 200 g/mol. The van der Waals surface area contributed by atoms with Crippen molar-refractivity contribution in [1.82, 2.24) is 9.97 Å². The average Bonchev–Trinajstić information content (AvgIpc) is 2.64. The molecule has 0 aromatic carbocycles. The van der Waals surface area contributed by atoms with Gasteiger partial charge >= 0.3 is 0 Å². The number of thioether (sulfide) groups is 1. The Morgan fingerprint density at radius 3 is 3.08 bits per heavy atom. The lowest BCUT2D eigenvalue weighted by atomic mass is 10.1. The van der Waals surface area contributed by atoms with Gasteiger partial charge in [0.05, 0.1) is 0 Å². The van der Waals surface area contributed by atoms with E-state index in [1.807, 2.05) is 6.20 Å². The van der Waals surface area contributed by atoms with Gasteiger partial charge in [-0.15, -0.1) is 0 Å². The molecule has 74 valence electrons. The molecule has 0 amide bonds. The van der Waals surface area contributed by atoms with E-state index in [1.54, 1.807) is 18.0 Å². The van der Waals surface area contributed by atoms with E-state index in [-0.39, 0.29) is 0 Å². The number of aromatic amines is 1. The summed E-state index contributed by atoms with van der Waals surface area (Å²) in [7, 11) is 0. The molecule has 1 rings (SSSR count). The van der Waals surface area contributed by atoms with E-state index in [0.717, 1.165) is 16.7 Å². The van der Waals surface area contributed by atoms with E-state index in [0.29, 0.717) is 5.92 Å². The monoisotopic (exact) mass is 216 g/mol. The van der Waals surface area contributed by atoms with Crippen molar-refractivity contribution in [2.75, 3.05) is 11.5 Å². The Bertz CT molecular complexity index is 211. The minimum absolute atomic E-state index is 0.712. The van der Waals surface area contributed by atoms with Crippen molar-refractivity contribution < 1.29 is 0 Å². The summed E-state index contributed by atoms with van der Waals surface area (Å²) in [5.74, 6) is 2.80. The van der Waals surface area contributed by atoms with Crippen molar-refractivity contribution in [2.24, 2.45) is 5.92 Å². The maximum atomic E-state index is 4.34. The third-order valence-corrected chi connectivity index (χ3v) is 3.54. The van der Waals surface area contributed by atoms with Gasteiger partial charge in [-0.25, -0.2) is 4.98 Å². The Morgan fingerprint density at radius 1 is 1.69 bits per heavy atom. The Balaban J connectivity index is 2.23. The van der Waals surface area contributed by atoms with Crippen LogP contribution in [0.15, 0.2) is 17.6 Å². The average molecular weight is 216 g/mol. The zero-order chi connectivity index (χ0) is 9.52. The third-order valence-electron chi connectivity index (χ3n) is 1.88. The molecule has 1 atom stereocenters. The predicted octanol–water partition coefficient (Wildman–Crippen LogP) is 2.85.